The Balaban J connectivity index is 2.43. The molecule has 7 nitrogen and oxygen atoms in total. The number of halogens is 2. The number of aromatic nitrogens is 2. The standard InChI is InChI=1S/C12H7F2N3O4/c13-9-3-8(17(20)21)4-10(14)12(9)16-6-7(5-15-16)1-2-11(18)19/h1-6H,(H,18,19). The molecule has 0 bridgehead atoms. The van der Waals surface area contributed by atoms with Gasteiger partial charge in [-0.05, 0) is 6.08 Å². The van der Waals surface area contributed by atoms with E-state index in [9.17, 15) is 23.7 Å². The van der Waals surface area contributed by atoms with Gasteiger partial charge in [0.05, 0.1) is 23.3 Å². The molecule has 108 valence electrons. The molecule has 0 aliphatic rings. The zero-order valence-corrected chi connectivity index (χ0v) is 10.2. The van der Waals surface area contributed by atoms with E-state index in [-0.39, 0.29) is 0 Å². The van der Waals surface area contributed by atoms with Crippen molar-refractivity contribution >= 4 is 17.7 Å². The lowest BCUT2D eigenvalue weighted by atomic mass is 10.2. The summed E-state index contributed by atoms with van der Waals surface area (Å²) in [4.78, 5) is 19.9. The number of nitrogens with zero attached hydrogens (tertiary/aromatic N) is 3. The number of hydrogen-bond donors (Lipinski definition) is 1. The Labute approximate surface area is 115 Å². The van der Waals surface area contributed by atoms with Crippen LogP contribution in [0.5, 0.6) is 0 Å². The number of non-ortho nitro benzene ring substituents is 1. The topological polar surface area (TPSA) is 98.3 Å². The Morgan fingerprint density at radius 2 is 2.00 bits per heavy atom. The predicted octanol–water partition coefficient (Wildman–Crippen LogP) is 2.16. The first kappa shape index (κ1) is 14.3. The summed E-state index contributed by atoms with van der Waals surface area (Å²) in [6.07, 6.45) is 4.41. The number of benzene rings is 1. The third-order valence-electron chi connectivity index (χ3n) is 2.46. The van der Waals surface area contributed by atoms with Crippen LogP contribution < -0.4 is 0 Å². The molecule has 0 atom stereocenters. The van der Waals surface area contributed by atoms with Gasteiger partial charge in [0.15, 0.2) is 11.6 Å². The van der Waals surface area contributed by atoms with E-state index in [1.807, 2.05) is 0 Å². The van der Waals surface area contributed by atoms with Gasteiger partial charge < -0.3 is 5.11 Å². The fraction of sp³-hybridized carbons (Fsp3) is 0. The molecule has 0 radical (unpaired) electrons. The van der Waals surface area contributed by atoms with Crippen LogP contribution in [0.3, 0.4) is 0 Å². The third kappa shape index (κ3) is 3.08. The third-order valence-corrected chi connectivity index (χ3v) is 2.46. The van der Waals surface area contributed by atoms with E-state index in [4.69, 9.17) is 5.11 Å². The van der Waals surface area contributed by atoms with Gasteiger partial charge in [-0.15, -0.1) is 0 Å². The van der Waals surface area contributed by atoms with Gasteiger partial charge in [-0.3, -0.25) is 10.1 Å². The lowest BCUT2D eigenvalue weighted by molar-refractivity contribution is -0.385. The van der Waals surface area contributed by atoms with Gasteiger partial charge in [-0.2, -0.15) is 5.10 Å². The lowest BCUT2D eigenvalue weighted by Gasteiger charge is -2.04. The Bertz CT molecular complexity index is 732. The maximum absolute atomic E-state index is 13.8. The molecule has 0 saturated heterocycles. The highest BCUT2D eigenvalue weighted by Crippen LogP contribution is 2.23. The van der Waals surface area contributed by atoms with Crippen molar-refractivity contribution in [2.45, 2.75) is 0 Å². The maximum Gasteiger partial charge on any atom is 0.328 e. The molecule has 0 unspecified atom stereocenters. The lowest BCUT2D eigenvalue weighted by Crippen LogP contribution is -2.03. The number of aliphatic carboxylic acids is 1. The molecule has 9 heteroatoms. The largest absolute Gasteiger partial charge is 0.478 e. The first-order valence-electron chi connectivity index (χ1n) is 5.48. The smallest absolute Gasteiger partial charge is 0.328 e. The average molecular weight is 295 g/mol. The van der Waals surface area contributed by atoms with Crippen LogP contribution in [0.1, 0.15) is 5.56 Å². The highest BCUT2D eigenvalue weighted by molar-refractivity contribution is 5.85. The van der Waals surface area contributed by atoms with E-state index >= 15 is 0 Å². The molecular weight excluding hydrogens is 288 g/mol. The fourth-order valence-corrected chi connectivity index (χ4v) is 1.59. The zero-order valence-electron chi connectivity index (χ0n) is 10.2. The first-order chi connectivity index (χ1) is 9.88. The van der Waals surface area contributed by atoms with Crippen LogP contribution in [0.4, 0.5) is 14.5 Å². The highest BCUT2D eigenvalue weighted by atomic mass is 19.1. The van der Waals surface area contributed by atoms with Crippen molar-refractivity contribution < 1.29 is 23.6 Å². The normalized spacial score (nSPS) is 11.0. The monoisotopic (exact) mass is 295 g/mol. The quantitative estimate of drug-likeness (QED) is 0.529. The van der Waals surface area contributed by atoms with Crippen molar-refractivity contribution in [3.05, 3.63) is 57.9 Å². The minimum atomic E-state index is -1.18. The van der Waals surface area contributed by atoms with Gasteiger partial charge in [0.1, 0.15) is 5.69 Å². The van der Waals surface area contributed by atoms with E-state index in [0.29, 0.717) is 17.7 Å². The Hall–Kier alpha value is -3.10. The highest BCUT2D eigenvalue weighted by Gasteiger charge is 2.19. The first-order valence-corrected chi connectivity index (χ1v) is 5.48. The van der Waals surface area contributed by atoms with Gasteiger partial charge in [0.2, 0.25) is 0 Å². The van der Waals surface area contributed by atoms with E-state index in [2.05, 4.69) is 5.10 Å². The SMILES string of the molecule is O=C(O)C=Cc1cnn(-c2c(F)cc([N+](=O)[O-])cc2F)c1. The van der Waals surface area contributed by atoms with E-state index in [0.717, 1.165) is 10.8 Å². The molecule has 0 amide bonds. The summed E-state index contributed by atoms with van der Waals surface area (Å²) >= 11 is 0. The fourth-order valence-electron chi connectivity index (χ4n) is 1.59. The second-order valence-corrected chi connectivity index (χ2v) is 3.90. The Kier molecular flexibility index (Phi) is 3.74. The van der Waals surface area contributed by atoms with Gasteiger partial charge in [-0.1, -0.05) is 0 Å². The minimum absolute atomic E-state index is 0.301. The summed E-state index contributed by atoms with van der Waals surface area (Å²) in [6, 6.07) is 1.15. The molecule has 2 aromatic rings. The average Bonchev–Trinajstić information content (AvgIpc) is 2.84. The molecule has 1 aromatic carbocycles. The molecule has 21 heavy (non-hydrogen) atoms. The van der Waals surface area contributed by atoms with Crippen molar-refractivity contribution in [2.24, 2.45) is 0 Å². The van der Waals surface area contributed by atoms with Crippen molar-refractivity contribution in [2.75, 3.05) is 0 Å². The summed E-state index contributed by atoms with van der Waals surface area (Å²) in [5.41, 5.74) is -1.00. The minimum Gasteiger partial charge on any atom is -0.478 e. The second-order valence-electron chi connectivity index (χ2n) is 3.90. The van der Waals surface area contributed by atoms with Gasteiger partial charge in [0.25, 0.3) is 5.69 Å². The van der Waals surface area contributed by atoms with Crippen molar-refractivity contribution in [1.29, 1.82) is 0 Å². The molecule has 0 aliphatic heterocycles. The van der Waals surface area contributed by atoms with Crippen molar-refractivity contribution in [3.63, 3.8) is 0 Å². The van der Waals surface area contributed by atoms with Crippen LogP contribution >= 0.6 is 0 Å². The van der Waals surface area contributed by atoms with Crippen LogP contribution in [0.2, 0.25) is 0 Å². The number of rotatable bonds is 4. The summed E-state index contributed by atoms with van der Waals surface area (Å²) in [6.45, 7) is 0. The van der Waals surface area contributed by atoms with Crippen LogP contribution in [-0.4, -0.2) is 25.8 Å². The number of carboxylic acids is 1. The van der Waals surface area contributed by atoms with E-state index in [1.54, 1.807) is 0 Å². The molecule has 0 aliphatic carbocycles. The van der Waals surface area contributed by atoms with E-state index < -0.39 is 33.9 Å². The summed E-state index contributed by atoms with van der Waals surface area (Å²) < 4.78 is 28.4. The second kappa shape index (κ2) is 5.49. The molecule has 1 N–H and O–H groups in total. The Morgan fingerprint density at radius 3 is 2.52 bits per heavy atom. The summed E-state index contributed by atoms with van der Waals surface area (Å²) in [5, 5.41) is 22.6. The van der Waals surface area contributed by atoms with Gasteiger partial charge in [-0.25, -0.2) is 18.3 Å². The number of carboxylic acid groups (broad SMARTS) is 1. The van der Waals surface area contributed by atoms with E-state index in [1.165, 1.54) is 18.5 Å². The van der Waals surface area contributed by atoms with Crippen LogP contribution in [-0.2, 0) is 4.79 Å². The predicted molar refractivity (Wildman–Crippen MR) is 66.8 cm³/mol. The molecule has 0 saturated carbocycles. The van der Waals surface area contributed by atoms with Crippen molar-refractivity contribution in [3.8, 4) is 5.69 Å². The molecular formula is C12H7F2N3O4. The molecule has 0 fully saturated rings. The molecule has 2 rings (SSSR count). The van der Waals surface area contributed by atoms with Gasteiger partial charge in [0, 0.05) is 17.8 Å². The Morgan fingerprint density at radius 1 is 1.38 bits per heavy atom. The number of nitro groups is 1. The molecule has 0 spiro atoms. The summed E-state index contributed by atoms with van der Waals surface area (Å²) in [7, 11) is 0. The maximum atomic E-state index is 13.8. The molecule has 1 heterocycles. The number of carbonyl (C=O) groups is 1. The summed E-state index contributed by atoms with van der Waals surface area (Å²) in [5.74, 6) is -3.49. The van der Waals surface area contributed by atoms with Crippen LogP contribution in [0.25, 0.3) is 11.8 Å². The van der Waals surface area contributed by atoms with Crippen LogP contribution in [0.15, 0.2) is 30.6 Å². The number of nitro benzene ring substituents is 1. The van der Waals surface area contributed by atoms with Gasteiger partial charge >= 0.3 is 5.97 Å². The van der Waals surface area contributed by atoms with Crippen LogP contribution in [0, 0.1) is 21.7 Å². The molecule has 1 aromatic heterocycles. The zero-order chi connectivity index (χ0) is 15.6. The number of hydrogen-bond acceptors (Lipinski definition) is 4. The van der Waals surface area contributed by atoms with Crippen molar-refractivity contribution in [1.82, 2.24) is 9.78 Å².